The minimum absolute atomic E-state index is 0.0742. The summed E-state index contributed by atoms with van der Waals surface area (Å²) < 4.78 is 16.8. The van der Waals surface area contributed by atoms with Crippen molar-refractivity contribution in [2.75, 3.05) is 13.2 Å². The molecule has 1 unspecified atom stereocenters. The Morgan fingerprint density at radius 1 is 0.312 bits per heavy atom. The molecular weight excluding hydrogens is 793 g/mol. The van der Waals surface area contributed by atoms with E-state index in [1.165, 1.54) is 199 Å². The van der Waals surface area contributed by atoms with Crippen molar-refractivity contribution in [3.8, 4) is 0 Å². The van der Waals surface area contributed by atoms with Gasteiger partial charge in [0.2, 0.25) is 0 Å². The van der Waals surface area contributed by atoms with Crippen LogP contribution in [0.5, 0.6) is 0 Å². The molecule has 0 fully saturated rings. The van der Waals surface area contributed by atoms with Gasteiger partial charge in [0.1, 0.15) is 13.2 Å². The number of hydrogen-bond donors (Lipinski definition) is 0. The quantitative estimate of drug-likeness (QED) is 0.0262. The third kappa shape index (κ3) is 50.9. The Balaban J connectivity index is 4.37. The molecule has 0 radical (unpaired) electrons. The highest BCUT2D eigenvalue weighted by Crippen LogP contribution is 2.17. The van der Waals surface area contributed by atoms with E-state index in [9.17, 15) is 14.4 Å². The molecule has 376 valence electrons. The molecule has 6 heteroatoms. The summed E-state index contributed by atoms with van der Waals surface area (Å²) in [7, 11) is 0. The van der Waals surface area contributed by atoms with E-state index in [4.69, 9.17) is 14.2 Å². The van der Waals surface area contributed by atoms with Gasteiger partial charge in [-0.2, -0.15) is 0 Å². The predicted octanol–water partition coefficient (Wildman–Crippen LogP) is 18.7. The van der Waals surface area contributed by atoms with Gasteiger partial charge in [-0.25, -0.2) is 0 Å². The Kier molecular flexibility index (Phi) is 51.7. The standard InChI is InChI=1S/C58H108O6/c1-4-7-10-13-16-19-22-25-28-30-33-36-39-42-45-48-51-57(60)63-54-55(53-62-56(59)50-47-44-41-38-35-32-27-24-21-18-15-12-9-6-3)64-58(61)52-49-46-43-40-37-34-31-29-26-23-20-17-14-11-8-5-2/h28,30,33,36,55H,4-27,29,31-32,34-35,37-54H2,1-3H3/b30-28-,36-33-. The number of unbranched alkanes of at least 4 members (excludes halogenated alkanes) is 38. The largest absolute Gasteiger partial charge is 0.462 e. The SMILES string of the molecule is CCCCCCCCC/C=C\C=C/CCCCCC(=O)OCC(COC(=O)CCCCCCCCCCCCCCCC)OC(=O)CCCCCCCCCCCCCCCCCC. The van der Waals surface area contributed by atoms with Gasteiger partial charge in [0, 0.05) is 19.3 Å². The molecule has 1 atom stereocenters. The van der Waals surface area contributed by atoms with E-state index in [1.807, 2.05) is 0 Å². The molecule has 6 nitrogen and oxygen atoms in total. The Morgan fingerprint density at radius 3 is 0.844 bits per heavy atom. The van der Waals surface area contributed by atoms with E-state index in [0.717, 1.165) is 70.6 Å². The number of carbonyl (C=O) groups is 3. The first-order chi connectivity index (χ1) is 31.5. The molecule has 0 aliphatic rings. The van der Waals surface area contributed by atoms with E-state index in [0.29, 0.717) is 19.3 Å². The molecule has 0 aromatic carbocycles. The minimum Gasteiger partial charge on any atom is -0.462 e. The van der Waals surface area contributed by atoms with Gasteiger partial charge in [0.25, 0.3) is 0 Å². The van der Waals surface area contributed by atoms with Crippen molar-refractivity contribution in [2.45, 2.75) is 316 Å². The summed E-state index contributed by atoms with van der Waals surface area (Å²) in [6.07, 6.45) is 61.6. The van der Waals surface area contributed by atoms with Gasteiger partial charge in [-0.15, -0.1) is 0 Å². The van der Waals surface area contributed by atoms with Gasteiger partial charge in [0.15, 0.2) is 6.10 Å². The van der Waals surface area contributed by atoms with Crippen LogP contribution in [0.15, 0.2) is 24.3 Å². The van der Waals surface area contributed by atoms with E-state index in [2.05, 4.69) is 45.1 Å². The molecule has 0 saturated carbocycles. The molecular formula is C58H108O6. The van der Waals surface area contributed by atoms with Gasteiger partial charge in [0.05, 0.1) is 0 Å². The Labute approximate surface area is 398 Å². The fourth-order valence-corrected chi connectivity index (χ4v) is 8.44. The zero-order valence-electron chi connectivity index (χ0n) is 43.1. The van der Waals surface area contributed by atoms with Gasteiger partial charge in [-0.3, -0.25) is 14.4 Å². The summed E-state index contributed by atoms with van der Waals surface area (Å²) in [4.78, 5) is 38.1. The molecule has 0 aromatic heterocycles. The lowest BCUT2D eigenvalue weighted by atomic mass is 10.0. The number of allylic oxidation sites excluding steroid dienone is 4. The van der Waals surface area contributed by atoms with E-state index in [1.54, 1.807) is 0 Å². The van der Waals surface area contributed by atoms with Crippen LogP contribution < -0.4 is 0 Å². The van der Waals surface area contributed by atoms with Gasteiger partial charge in [-0.1, -0.05) is 270 Å². The summed E-state index contributed by atoms with van der Waals surface area (Å²) in [6, 6.07) is 0. The first-order valence-electron chi connectivity index (χ1n) is 28.4. The lowest BCUT2D eigenvalue weighted by Gasteiger charge is -2.18. The maximum atomic E-state index is 12.8. The molecule has 64 heavy (non-hydrogen) atoms. The van der Waals surface area contributed by atoms with Crippen LogP contribution in [0.25, 0.3) is 0 Å². The summed E-state index contributed by atoms with van der Waals surface area (Å²) in [5.74, 6) is -0.881. The average Bonchev–Trinajstić information content (AvgIpc) is 3.29. The highest BCUT2D eigenvalue weighted by molar-refractivity contribution is 5.71. The second-order valence-electron chi connectivity index (χ2n) is 19.2. The van der Waals surface area contributed by atoms with Crippen molar-refractivity contribution >= 4 is 17.9 Å². The van der Waals surface area contributed by atoms with Crippen LogP contribution in [0.1, 0.15) is 310 Å². The van der Waals surface area contributed by atoms with Crippen molar-refractivity contribution in [3.05, 3.63) is 24.3 Å². The number of hydrogen-bond acceptors (Lipinski definition) is 6. The van der Waals surface area contributed by atoms with Crippen molar-refractivity contribution in [2.24, 2.45) is 0 Å². The molecule has 0 saturated heterocycles. The molecule has 0 heterocycles. The van der Waals surface area contributed by atoms with E-state index < -0.39 is 6.10 Å². The normalized spacial score (nSPS) is 12.1. The van der Waals surface area contributed by atoms with Crippen molar-refractivity contribution in [3.63, 3.8) is 0 Å². The smallest absolute Gasteiger partial charge is 0.306 e. The van der Waals surface area contributed by atoms with Crippen molar-refractivity contribution in [1.82, 2.24) is 0 Å². The lowest BCUT2D eigenvalue weighted by Crippen LogP contribution is -2.30. The van der Waals surface area contributed by atoms with Crippen LogP contribution in [0.2, 0.25) is 0 Å². The predicted molar refractivity (Wildman–Crippen MR) is 275 cm³/mol. The Morgan fingerprint density at radius 2 is 0.547 bits per heavy atom. The number of carbonyl (C=O) groups excluding carboxylic acids is 3. The van der Waals surface area contributed by atoms with Gasteiger partial charge in [-0.05, 0) is 44.9 Å². The van der Waals surface area contributed by atoms with Crippen LogP contribution >= 0.6 is 0 Å². The monoisotopic (exact) mass is 901 g/mol. The second kappa shape index (κ2) is 53.5. The minimum atomic E-state index is -0.776. The number of ether oxygens (including phenoxy) is 3. The fraction of sp³-hybridized carbons (Fsp3) is 0.879. The molecule has 0 aliphatic carbocycles. The Bertz CT molecular complexity index is 1040. The molecule has 0 aromatic rings. The summed E-state index contributed by atoms with van der Waals surface area (Å²) in [6.45, 7) is 6.66. The molecule has 0 rings (SSSR count). The van der Waals surface area contributed by atoms with Crippen LogP contribution in [-0.2, 0) is 28.6 Å². The van der Waals surface area contributed by atoms with Gasteiger partial charge < -0.3 is 14.2 Å². The van der Waals surface area contributed by atoms with E-state index in [-0.39, 0.29) is 31.1 Å². The lowest BCUT2D eigenvalue weighted by molar-refractivity contribution is -0.167. The molecule has 0 aliphatic heterocycles. The van der Waals surface area contributed by atoms with Crippen LogP contribution in [0.4, 0.5) is 0 Å². The molecule has 0 N–H and O–H groups in total. The highest BCUT2D eigenvalue weighted by Gasteiger charge is 2.19. The fourth-order valence-electron chi connectivity index (χ4n) is 8.44. The van der Waals surface area contributed by atoms with Gasteiger partial charge >= 0.3 is 17.9 Å². The number of esters is 3. The third-order valence-corrected chi connectivity index (χ3v) is 12.7. The van der Waals surface area contributed by atoms with Crippen LogP contribution in [-0.4, -0.2) is 37.2 Å². The van der Waals surface area contributed by atoms with Crippen LogP contribution in [0, 0.1) is 0 Å². The van der Waals surface area contributed by atoms with Crippen molar-refractivity contribution in [1.29, 1.82) is 0 Å². The van der Waals surface area contributed by atoms with E-state index >= 15 is 0 Å². The maximum Gasteiger partial charge on any atom is 0.306 e. The van der Waals surface area contributed by atoms with Crippen molar-refractivity contribution < 1.29 is 28.6 Å². The summed E-state index contributed by atoms with van der Waals surface area (Å²) in [5.41, 5.74) is 0. The average molecular weight is 901 g/mol. The Hall–Kier alpha value is -2.11. The molecule has 0 amide bonds. The summed E-state index contributed by atoms with van der Waals surface area (Å²) >= 11 is 0. The topological polar surface area (TPSA) is 78.9 Å². The third-order valence-electron chi connectivity index (χ3n) is 12.7. The molecule has 0 bridgehead atoms. The first-order valence-corrected chi connectivity index (χ1v) is 28.4. The second-order valence-corrected chi connectivity index (χ2v) is 19.2. The zero-order chi connectivity index (χ0) is 46.5. The number of rotatable bonds is 52. The first kappa shape index (κ1) is 61.9. The zero-order valence-corrected chi connectivity index (χ0v) is 43.1. The van der Waals surface area contributed by atoms with Crippen LogP contribution in [0.3, 0.4) is 0 Å². The maximum absolute atomic E-state index is 12.8. The summed E-state index contributed by atoms with van der Waals surface area (Å²) in [5, 5.41) is 0. The molecule has 0 spiro atoms. The highest BCUT2D eigenvalue weighted by atomic mass is 16.6.